The Balaban J connectivity index is 2.21. The molecule has 0 fully saturated rings. The van der Waals surface area contributed by atoms with Crippen molar-refractivity contribution in [3.05, 3.63) is 29.8 Å². The van der Waals surface area contributed by atoms with Gasteiger partial charge >= 0.3 is 0 Å². The summed E-state index contributed by atoms with van der Waals surface area (Å²) in [6.45, 7) is 2.79. The Labute approximate surface area is 125 Å². The van der Waals surface area contributed by atoms with E-state index in [0.717, 1.165) is 32.2 Å². The van der Waals surface area contributed by atoms with Gasteiger partial charge in [-0.1, -0.05) is 25.0 Å². The highest BCUT2D eigenvalue weighted by Crippen LogP contribution is 2.18. The predicted octanol–water partition coefficient (Wildman–Crippen LogP) is 1.37. The van der Waals surface area contributed by atoms with E-state index in [1.165, 1.54) is 6.92 Å². The molecular weight excluding hydrogens is 270 g/mol. The maximum atomic E-state index is 11.5. The van der Waals surface area contributed by atoms with Gasteiger partial charge in [0.25, 0.3) is 5.91 Å². The van der Waals surface area contributed by atoms with Crippen LogP contribution in [0.5, 0.6) is 5.75 Å². The Morgan fingerprint density at radius 3 is 2.57 bits per heavy atom. The van der Waals surface area contributed by atoms with Gasteiger partial charge < -0.3 is 10.1 Å². The Kier molecular flexibility index (Phi) is 7.89. The van der Waals surface area contributed by atoms with Crippen molar-refractivity contribution in [1.82, 2.24) is 10.7 Å². The first kappa shape index (κ1) is 17.0. The number of benzene rings is 1. The van der Waals surface area contributed by atoms with Crippen molar-refractivity contribution in [3.8, 4) is 5.75 Å². The van der Waals surface area contributed by atoms with Crippen LogP contribution in [0.2, 0.25) is 0 Å². The van der Waals surface area contributed by atoms with Crippen LogP contribution < -0.4 is 21.3 Å². The van der Waals surface area contributed by atoms with E-state index in [4.69, 9.17) is 10.6 Å². The van der Waals surface area contributed by atoms with Crippen LogP contribution in [0.1, 0.15) is 43.0 Å². The number of nitrogens with two attached hydrogens (primary N) is 1. The first-order chi connectivity index (χ1) is 10.1. The third-order valence-electron chi connectivity index (χ3n) is 2.97. The number of unbranched alkanes of at least 4 members (excludes halogenated alkanes) is 3. The summed E-state index contributed by atoms with van der Waals surface area (Å²) in [5.41, 5.74) is 2.54. The molecular formula is C15H23N3O3. The van der Waals surface area contributed by atoms with Crippen LogP contribution in [0.25, 0.3) is 0 Å². The van der Waals surface area contributed by atoms with Gasteiger partial charge in [0.2, 0.25) is 5.91 Å². The number of nitrogen functional groups attached to an aromatic ring is 1. The number of hydrazine groups is 1. The van der Waals surface area contributed by atoms with Gasteiger partial charge in [-0.25, -0.2) is 5.84 Å². The fourth-order valence-electron chi connectivity index (χ4n) is 1.89. The second-order valence-corrected chi connectivity index (χ2v) is 4.72. The lowest BCUT2D eigenvalue weighted by Gasteiger charge is -2.10. The van der Waals surface area contributed by atoms with Crippen molar-refractivity contribution in [1.29, 1.82) is 0 Å². The van der Waals surface area contributed by atoms with Crippen LogP contribution in [0.15, 0.2) is 24.3 Å². The van der Waals surface area contributed by atoms with E-state index in [0.29, 0.717) is 17.9 Å². The maximum Gasteiger partial charge on any atom is 0.268 e. The molecule has 2 amide bonds. The van der Waals surface area contributed by atoms with Gasteiger partial charge in [-0.2, -0.15) is 0 Å². The van der Waals surface area contributed by atoms with Crippen molar-refractivity contribution in [2.75, 3.05) is 13.2 Å². The fraction of sp³-hybridized carbons (Fsp3) is 0.467. The minimum Gasteiger partial charge on any atom is -0.493 e. The Bertz CT molecular complexity index is 463. The molecule has 6 heteroatoms. The third kappa shape index (κ3) is 6.76. The van der Waals surface area contributed by atoms with Gasteiger partial charge in [-0.3, -0.25) is 15.0 Å². The molecule has 1 aromatic carbocycles. The predicted molar refractivity (Wildman–Crippen MR) is 80.7 cm³/mol. The van der Waals surface area contributed by atoms with Crippen LogP contribution in [-0.4, -0.2) is 25.0 Å². The number of para-hydroxylation sites is 1. The lowest BCUT2D eigenvalue weighted by molar-refractivity contribution is -0.118. The number of carbonyl (C=O) groups excluding carboxylic acids is 2. The first-order valence-electron chi connectivity index (χ1n) is 7.12. The van der Waals surface area contributed by atoms with E-state index in [1.54, 1.807) is 18.2 Å². The Morgan fingerprint density at radius 1 is 1.14 bits per heavy atom. The number of ether oxygens (including phenoxy) is 1. The highest BCUT2D eigenvalue weighted by atomic mass is 16.5. The van der Waals surface area contributed by atoms with E-state index in [-0.39, 0.29) is 11.8 Å². The van der Waals surface area contributed by atoms with Gasteiger partial charge in [0.1, 0.15) is 5.75 Å². The molecule has 116 valence electrons. The molecule has 4 N–H and O–H groups in total. The van der Waals surface area contributed by atoms with Crippen molar-refractivity contribution < 1.29 is 14.3 Å². The second-order valence-electron chi connectivity index (χ2n) is 4.72. The molecule has 0 aliphatic carbocycles. The number of hydrogen-bond donors (Lipinski definition) is 3. The molecule has 1 aromatic rings. The summed E-state index contributed by atoms with van der Waals surface area (Å²) in [7, 11) is 0. The quantitative estimate of drug-likeness (QED) is 0.277. The second kappa shape index (κ2) is 9.77. The summed E-state index contributed by atoms with van der Waals surface area (Å²) >= 11 is 0. The number of amides is 2. The molecule has 0 bridgehead atoms. The summed E-state index contributed by atoms with van der Waals surface area (Å²) in [6, 6.07) is 7.00. The smallest absolute Gasteiger partial charge is 0.268 e. The van der Waals surface area contributed by atoms with Crippen LogP contribution >= 0.6 is 0 Å². The van der Waals surface area contributed by atoms with Crippen molar-refractivity contribution >= 4 is 11.8 Å². The average Bonchev–Trinajstić information content (AvgIpc) is 2.49. The standard InChI is InChI=1S/C15H23N3O3/c1-12(19)17-10-6-2-3-7-11-21-14-9-5-4-8-13(14)15(20)18-16/h4-5,8-9H,2-3,6-7,10-11,16H2,1H3,(H,17,19)(H,18,20). The van der Waals surface area contributed by atoms with Gasteiger partial charge in [0.15, 0.2) is 0 Å². The van der Waals surface area contributed by atoms with Crippen LogP contribution in [0.3, 0.4) is 0 Å². The normalized spacial score (nSPS) is 10.0. The van der Waals surface area contributed by atoms with E-state index < -0.39 is 0 Å². The summed E-state index contributed by atoms with van der Waals surface area (Å²) in [4.78, 5) is 22.2. The molecule has 0 heterocycles. The topological polar surface area (TPSA) is 93.4 Å². The van der Waals surface area contributed by atoms with Crippen molar-refractivity contribution in [2.45, 2.75) is 32.6 Å². The lowest BCUT2D eigenvalue weighted by atomic mass is 10.2. The Hall–Kier alpha value is -2.08. The highest BCUT2D eigenvalue weighted by molar-refractivity contribution is 5.96. The third-order valence-corrected chi connectivity index (χ3v) is 2.97. The number of nitrogens with one attached hydrogen (secondary N) is 2. The number of carbonyl (C=O) groups is 2. The molecule has 0 spiro atoms. The zero-order valence-corrected chi connectivity index (χ0v) is 12.4. The van der Waals surface area contributed by atoms with Crippen molar-refractivity contribution in [2.24, 2.45) is 5.84 Å². The molecule has 0 radical (unpaired) electrons. The largest absolute Gasteiger partial charge is 0.493 e. The minimum atomic E-state index is -0.360. The molecule has 0 unspecified atom stereocenters. The first-order valence-corrected chi connectivity index (χ1v) is 7.12. The molecule has 21 heavy (non-hydrogen) atoms. The van der Waals surface area contributed by atoms with Gasteiger partial charge in [0, 0.05) is 13.5 Å². The van der Waals surface area contributed by atoms with Crippen LogP contribution in [0.4, 0.5) is 0 Å². The van der Waals surface area contributed by atoms with E-state index in [1.807, 2.05) is 6.07 Å². The van der Waals surface area contributed by atoms with Gasteiger partial charge in [0.05, 0.1) is 12.2 Å². The summed E-state index contributed by atoms with van der Waals surface area (Å²) in [6.07, 6.45) is 3.92. The lowest BCUT2D eigenvalue weighted by Crippen LogP contribution is -2.30. The molecule has 0 aliphatic heterocycles. The number of hydrogen-bond acceptors (Lipinski definition) is 4. The van der Waals surface area contributed by atoms with Crippen LogP contribution in [0, 0.1) is 0 Å². The minimum absolute atomic E-state index is 0.00752. The zero-order valence-electron chi connectivity index (χ0n) is 12.4. The molecule has 6 nitrogen and oxygen atoms in total. The summed E-state index contributed by atoms with van der Waals surface area (Å²) < 4.78 is 5.62. The summed E-state index contributed by atoms with van der Waals surface area (Å²) in [5, 5.41) is 2.76. The maximum absolute atomic E-state index is 11.5. The molecule has 0 aliphatic rings. The monoisotopic (exact) mass is 293 g/mol. The molecule has 0 aromatic heterocycles. The number of rotatable bonds is 9. The van der Waals surface area contributed by atoms with Crippen LogP contribution in [-0.2, 0) is 4.79 Å². The highest BCUT2D eigenvalue weighted by Gasteiger charge is 2.09. The van der Waals surface area contributed by atoms with E-state index in [9.17, 15) is 9.59 Å². The zero-order chi connectivity index (χ0) is 15.5. The fourth-order valence-corrected chi connectivity index (χ4v) is 1.89. The molecule has 0 atom stereocenters. The average molecular weight is 293 g/mol. The SMILES string of the molecule is CC(=O)NCCCCCCOc1ccccc1C(=O)NN. The Morgan fingerprint density at radius 2 is 1.86 bits per heavy atom. The van der Waals surface area contributed by atoms with Gasteiger partial charge in [-0.15, -0.1) is 0 Å². The molecule has 1 rings (SSSR count). The van der Waals surface area contributed by atoms with Gasteiger partial charge in [-0.05, 0) is 25.0 Å². The summed E-state index contributed by atoms with van der Waals surface area (Å²) in [5.74, 6) is 5.32. The van der Waals surface area contributed by atoms with Crippen molar-refractivity contribution in [3.63, 3.8) is 0 Å². The molecule has 0 saturated carbocycles. The van der Waals surface area contributed by atoms with E-state index >= 15 is 0 Å². The van der Waals surface area contributed by atoms with E-state index in [2.05, 4.69) is 10.7 Å². The molecule has 0 saturated heterocycles.